The van der Waals surface area contributed by atoms with E-state index in [9.17, 15) is 0 Å². The molecule has 0 N–H and O–H groups in total. The Kier molecular flexibility index (Phi) is 9.44. The summed E-state index contributed by atoms with van der Waals surface area (Å²) in [6.45, 7) is 13.3. The van der Waals surface area contributed by atoms with Crippen molar-refractivity contribution in [2.45, 2.75) is 92.4 Å². The van der Waals surface area contributed by atoms with Crippen LogP contribution >= 0.6 is 0 Å². The number of rotatable bonds is 11. The SMILES string of the molecule is CCCCCCc1ccc(-c2nc(-c3ccc(C(C)CCC)cc3)nc(-c3cc(C)c(C)c(C)c3)n2)cc1. The summed E-state index contributed by atoms with van der Waals surface area (Å²) < 4.78 is 0. The number of aryl methyl sites for hydroxylation is 3. The Morgan fingerprint density at radius 1 is 0.605 bits per heavy atom. The van der Waals surface area contributed by atoms with Crippen LogP contribution in [0.4, 0.5) is 0 Å². The normalized spacial score (nSPS) is 12.1. The van der Waals surface area contributed by atoms with Crippen LogP contribution in [-0.2, 0) is 6.42 Å². The van der Waals surface area contributed by atoms with Crippen LogP contribution in [-0.4, -0.2) is 15.0 Å². The molecule has 0 fully saturated rings. The van der Waals surface area contributed by atoms with Crippen molar-refractivity contribution in [2.24, 2.45) is 0 Å². The lowest BCUT2D eigenvalue weighted by atomic mass is 9.95. The van der Waals surface area contributed by atoms with Crippen molar-refractivity contribution >= 4 is 0 Å². The highest BCUT2D eigenvalue weighted by atomic mass is 15.0. The van der Waals surface area contributed by atoms with Gasteiger partial charge in [0.2, 0.25) is 0 Å². The minimum absolute atomic E-state index is 0.553. The average Bonchev–Trinajstić information content (AvgIpc) is 2.94. The molecule has 0 aliphatic heterocycles. The summed E-state index contributed by atoms with van der Waals surface area (Å²) in [5.74, 6) is 2.72. The maximum atomic E-state index is 4.98. The first-order valence-corrected chi connectivity index (χ1v) is 14.4. The second-order valence-corrected chi connectivity index (χ2v) is 10.9. The van der Waals surface area contributed by atoms with Crippen molar-refractivity contribution < 1.29 is 0 Å². The van der Waals surface area contributed by atoms with Crippen LogP contribution in [0.1, 0.15) is 93.0 Å². The molecule has 198 valence electrons. The zero-order valence-electron chi connectivity index (χ0n) is 24.1. The Bertz CT molecular complexity index is 1310. The van der Waals surface area contributed by atoms with Gasteiger partial charge < -0.3 is 0 Å². The molecule has 0 aliphatic rings. The molecule has 3 aromatic carbocycles. The Labute approximate surface area is 229 Å². The van der Waals surface area contributed by atoms with Gasteiger partial charge in [-0.25, -0.2) is 15.0 Å². The lowest BCUT2D eigenvalue weighted by Crippen LogP contribution is -2.01. The van der Waals surface area contributed by atoms with E-state index in [1.165, 1.54) is 66.3 Å². The molecule has 1 unspecified atom stereocenters. The predicted molar refractivity (Wildman–Crippen MR) is 162 cm³/mol. The quantitative estimate of drug-likeness (QED) is 0.190. The van der Waals surface area contributed by atoms with Gasteiger partial charge >= 0.3 is 0 Å². The van der Waals surface area contributed by atoms with Gasteiger partial charge in [0, 0.05) is 16.7 Å². The molecule has 1 atom stereocenters. The summed E-state index contributed by atoms with van der Waals surface area (Å²) in [6, 6.07) is 22.0. The summed E-state index contributed by atoms with van der Waals surface area (Å²) >= 11 is 0. The van der Waals surface area contributed by atoms with Crippen molar-refractivity contribution in [1.29, 1.82) is 0 Å². The number of unbranched alkanes of at least 4 members (excludes halogenated alkanes) is 3. The fourth-order valence-corrected chi connectivity index (χ4v) is 5.06. The molecule has 1 aromatic heterocycles. The lowest BCUT2D eigenvalue weighted by molar-refractivity contribution is 0.665. The van der Waals surface area contributed by atoms with Gasteiger partial charge in [0.1, 0.15) is 0 Å². The smallest absolute Gasteiger partial charge is 0.164 e. The van der Waals surface area contributed by atoms with E-state index in [0.717, 1.165) is 40.6 Å². The summed E-state index contributed by atoms with van der Waals surface area (Å²) in [4.78, 5) is 14.9. The fourth-order valence-electron chi connectivity index (χ4n) is 5.06. The largest absolute Gasteiger partial charge is 0.208 e. The van der Waals surface area contributed by atoms with Gasteiger partial charge in [0.05, 0.1) is 0 Å². The van der Waals surface area contributed by atoms with Gasteiger partial charge in [0.25, 0.3) is 0 Å². The Morgan fingerprint density at radius 3 is 1.66 bits per heavy atom. The summed E-state index contributed by atoms with van der Waals surface area (Å²) in [7, 11) is 0. The first-order chi connectivity index (χ1) is 18.4. The minimum atomic E-state index is 0.553. The third-order valence-corrected chi connectivity index (χ3v) is 7.81. The highest BCUT2D eigenvalue weighted by Gasteiger charge is 2.14. The number of aromatic nitrogens is 3. The number of hydrogen-bond donors (Lipinski definition) is 0. The van der Waals surface area contributed by atoms with Gasteiger partial charge in [0.15, 0.2) is 17.5 Å². The molecule has 0 aliphatic carbocycles. The molecular formula is C35H43N3. The molecule has 3 heteroatoms. The number of hydrogen-bond acceptors (Lipinski definition) is 3. The topological polar surface area (TPSA) is 38.7 Å². The van der Waals surface area contributed by atoms with E-state index >= 15 is 0 Å². The van der Waals surface area contributed by atoms with Gasteiger partial charge in [-0.15, -0.1) is 0 Å². The summed E-state index contributed by atoms with van der Waals surface area (Å²) in [5.41, 5.74) is 9.66. The molecular weight excluding hydrogens is 462 g/mol. The predicted octanol–water partition coefficient (Wildman–Crippen LogP) is 9.82. The van der Waals surface area contributed by atoms with Gasteiger partial charge in [-0.3, -0.25) is 0 Å². The molecule has 0 saturated carbocycles. The van der Waals surface area contributed by atoms with Crippen LogP contribution in [0.2, 0.25) is 0 Å². The van der Waals surface area contributed by atoms with E-state index < -0.39 is 0 Å². The lowest BCUT2D eigenvalue weighted by Gasteiger charge is -2.13. The van der Waals surface area contributed by atoms with Crippen LogP contribution in [0.15, 0.2) is 60.7 Å². The van der Waals surface area contributed by atoms with Crippen molar-refractivity contribution in [2.75, 3.05) is 0 Å². The second kappa shape index (κ2) is 13.0. The first-order valence-electron chi connectivity index (χ1n) is 14.4. The summed E-state index contributed by atoms with van der Waals surface area (Å²) in [6.07, 6.45) is 8.62. The molecule has 4 aromatic rings. The Morgan fingerprint density at radius 2 is 1.13 bits per heavy atom. The maximum Gasteiger partial charge on any atom is 0.164 e. The van der Waals surface area contributed by atoms with Crippen LogP contribution < -0.4 is 0 Å². The molecule has 0 saturated heterocycles. The molecule has 0 amide bonds. The third kappa shape index (κ3) is 6.75. The molecule has 0 spiro atoms. The molecule has 4 rings (SSSR count). The molecule has 0 radical (unpaired) electrons. The summed E-state index contributed by atoms with van der Waals surface area (Å²) in [5, 5.41) is 0. The molecule has 1 heterocycles. The average molecular weight is 506 g/mol. The zero-order chi connectivity index (χ0) is 27.1. The maximum absolute atomic E-state index is 4.98. The zero-order valence-corrected chi connectivity index (χ0v) is 24.1. The van der Waals surface area contributed by atoms with Crippen LogP contribution in [0, 0.1) is 20.8 Å². The van der Waals surface area contributed by atoms with Gasteiger partial charge in [-0.2, -0.15) is 0 Å². The minimum Gasteiger partial charge on any atom is -0.208 e. The van der Waals surface area contributed by atoms with E-state index in [4.69, 9.17) is 15.0 Å². The molecule has 38 heavy (non-hydrogen) atoms. The highest BCUT2D eigenvalue weighted by Crippen LogP contribution is 2.29. The van der Waals surface area contributed by atoms with Crippen molar-refractivity contribution in [1.82, 2.24) is 15.0 Å². The van der Waals surface area contributed by atoms with E-state index in [-0.39, 0.29) is 0 Å². The first kappa shape index (κ1) is 27.7. The van der Waals surface area contributed by atoms with Crippen molar-refractivity contribution in [3.8, 4) is 34.2 Å². The van der Waals surface area contributed by atoms with Crippen LogP contribution in [0.3, 0.4) is 0 Å². The monoisotopic (exact) mass is 505 g/mol. The van der Waals surface area contributed by atoms with E-state index in [1.807, 2.05) is 0 Å². The Hall–Kier alpha value is -3.33. The van der Waals surface area contributed by atoms with E-state index in [1.54, 1.807) is 0 Å². The van der Waals surface area contributed by atoms with Crippen molar-refractivity contribution in [3.05, 3.63) is 88.5 Å². The van der Waals surface area contributed by atoms with E-state index in [2.05, 4.69) is 102 Å². The number of nitrogens with zero attached hydrogens (tertiary/aromatic N) is 3. The van der Waals surface area contributed by atoms with Crippen molar-refractivity contribution in [3.63, 3.8) is 0 Å². The molecule has 3 nitrogen and oxygen atoms in total. The third-order valence-electron chi connectivity index (χ3n) is 7.81. The molecule has 0 bridgehead atoms. The van der Waals surface area contributed by atoms with Gasteiger partial charge in [-0.05, 0) is 85.9 Å². The highest BCUT2D eigenvalue weighted by molar-refractivity contribution is 5.68. The van der Waals surface area contributed by atoms with E-state index in [0.29, 0.717) is 5.92 Å². The van der Waals surface area contributed by atoms with Crippen LogP contribution in [0.25, 0.3) is 34.2 Å². The van der Waals surface area contributed by atoms with Crippen LogP contribution in [0.5, 0.6) is 0 Å². The van der Waals surface area contributed by atoms with Gasteiger partial charge in [-0.1, -0.05) is 95.0 Å². The standard InChI is InChI=1S/C35H43N3/c1-7-9-10-11-13-28-14-16-30(17-15-28)33-36-34(31-20-18-29(19-21-31)24(3)12-8-2)38-35(37-33)32-22-25(4)27(6)26(5)23-32/h14-24H,7-13H2,1-6H3. The second-order valence-electron chi connectivity index (χ2n) is 10.9. The number of benzene rings is 3. The Balaban J connectivity index is 1.72. The fraction of sp³-hybridized carbons (Fsp3) is 0.400.